The number of fused-ring (bicyclic) bond motifs is 2. The Kier molecular flexibility index (Phi) is 5.70. The summed E-state index contributed by atoms with van der Waals surface area (Å²) in [6.07, 6.45) is 4.68. The molecule has 0 atom stereocenters. The Morgan fingerprint density at radius 1 is 1.26 bits per heavy atom. The molecule has 4 aromatic rings. The summed E-state index contributed by atoms with van der Waals surface area (Å²) in [5, 5.41) is 0.363. The molecular weight excluding hydrogens is 478 g/mol. The maximum atomic E-state index is 13.2. The molecule has 3 heterocycles. The van der Waals surface area contributed by atoms with Gasteiger partial charge in [0.2, 0.25) is 0 Å². The Morgan fingerprint density at radius 3 is 2.97 bits per heavy atom. The minimum absolute atomic E-state index is 0.0749. The molecule has 1 aliphatic rings. The number of halogens is 1. The second-order valence-electron chi connectivity index (χ2n) is 7.90. The van der Waals surface area contributed by atoms with Gasteiger partial charge in [-0.2, -0.15) is 4.98 Å². The van der Waals surface area contributed by atoms with Crippen molar-refractivity contribution in [2.75, 3.05) is 29.8 Å². The number of aromatic nitrogens is 3. The number of ether oxygens (including phenoxy) is 2. The molecule has 11 heteroatoms. The van der Waals surface area contributed by atoms with E-state index in [1.807, 2.05) is 25.2 Å². The molecule has 0 saturated carbocycles. The van der Waals surface area contributed by atoms with E-state index in [0.717, 1.165) is 23.5 Å². The van der Waals surface area contributed by atoms with Crippen LogP contribution in [0.4, 0.5) is 11.5 Å². The largest absolute Gasteiger partial charge is 0.490 e. The highest BCUT2D eigenvalue weighted by atomic mass is 35.5. The lowest BCUT2D eigenvalue weighted by molar-refractivity contribution is 0.292. The molecule has 176 valence electrons. The fourth-order valence-corrected chi connectivity index (χ4v) is 5.34. The summed E-state index contributed by atoms with van der Waals surface area (Å²) in [5.41, 5.74) is 2.77. The lowest BCUT2D eigenvalue weighted by Gasteiger charge is -2.27. The zero-order chi connectivity index (χ0) is 23.9. The van der Waals surface area contributed by atoms with Gasteiger partial charge in [0.05, 0.1) is 23.3 Å². The second-order valence-corrected chi connectivity index (χ2v) is 9.96. The number of anilines is 2. The number of nitrogens with one attached hydrogen (secondary N) is 1. The van der Waals surface area contributed by atoms with Crippen LogP contribution in [-0.4, -0.2) is 43.0 Å². The summed E-state index contributed by atoms with van der Waals surface area (Å²) in [5.74, 6) is 1.09. The molecule has 1 aliphatic heterocycles. The summed E-state index contributed by atoms with van der Waals surface area (Å²) in [7, 11) is -1.96. The van der Waals surface area contributed by atoms with Gasteiger partial charge in [0, 0.05) is 24.5 Å². The molecule has 2 aromatic heterocycles. The number of nitrogens with zero attached hydrogens (tertiary/aromatic N) is 4. The number of hydrogen-bond donors (Lipinski definition) is 1. The van der Waals surface area contributed by atoms with Gasteiger partial charge in [-0.15, -0.1) is 0 Å². The molecule has 0 radical (unpaired) electrons. The Morgan fingerprint density at radius 2 is 2.12 bits per heavy atom. The van der Waals surface area contributed by atoms with Crippen molar-refractivity contribution >= 4 is 38.8 Å². The van der Waals surface area contributed by atoms with Crippen LogP contribution in [0.3, 0.4) is 0 Å². The van der Waals surface area contributed by atoms with E-state index >= 15 is 0 Å². The third-order valence-corrected chi connectivity index (χ3v) is 7.52. The molecule has 1 N–H and O–H groups in total. The second kappa shape index (κ2) is 8.69. The van der Waals surface area contributed by atoms with Gasteiger partial charge in [-0.3, -0.25) is 14.1 Å². The monoisotopic (exact) mass is 499 g/mol. The minimum atomic E-state index is -3.97. The van der Waals surface area contributed by atoms with Crippen molar-refractivity contribution in [3.05, 3.63) is 71.1 Å². The zero-order valence-electron chi connectivity index (χ0n) is 18.5. The molecule has 0 fully saturated rings. The van der Waals surface area contributed by atoms with Crippen LogP contribution in [0.2, 0.25) is 5.02 Å². The molecule has 0 spiro atoms. The van der Waals surface area contributed by atoms with Crippen LogP contribution in [-0.2, 0) is 16.6 Å². The van der Waals surface area contributed by atoms with Crippen molar-refractivity contribution in [3.63, 3.8) is 0 Å². The normalized spacial score (nSPS) is 13.4. The van der Waals surface area contributed by atoms with E-state index in [1.165, 1.54) is 18.5 Å². The lowest BCUT2D eigenvalue weighted by atomic mass is 10.1. The van der Waals surface area contributed by atoms with Gasteiger partial charge < -0.3 is 14.4 Å². The molecule has 0 saturated heterocycles. The third kappa shape index (κ3) is 4.10. The highest BCUT2D eigenvalue weighted by molar-refractivity contribution is 7.92. The van der Waals surface area contributed by atoms with Gasteiger partial charge in [-0.25, -0.2) is 8.42 Å². The number of benzene rings is 2. The van der Waals surface area contributed by atoms with Crippen molar-refractivity contribution in [2.24, 2.45) is 0 Å². The van der Waals surface area contributed by atoms with Crippen LogP contribution < -0.4 is 19.1 Å². The summed E-state index contributed by atoms with van der Waals surface area (Å²) in [6.45, 7) is 3.26. The summed E-state index contributed by atoms with van der Waals surface area (Å²) < 4.78 is 42.4. The molecule has 0 unspecified atom stereocenters. The van der Waals surface area contributed by atoms with E-state index in [-0.39, 0.29) is 23.2 Å². The van der Waals surface area contributed by atoms with Crippen molar-refractivity contribution < 1.29 is 17.9 Å². The zero-order valence-corrected chi connectivity index (χ0v) is 20.1. The fourth-order valence-electron chi connectivity index (χ4n) is 3.78. The average Bonchev–Trinajstić information content (AvgIpc) is 3.16. The van der Waals surface area contributed by atoms with Crippen molar-refractivity contribution in [1.29, 1.82) is 0 Å². The molecule has 0 bridgehead atoms. The van der Waals surface area contributed by atoms with Crippen LogP contribution in [0.5, 0.6) is 11.6 Å². The number of likely N-dealkylation sites (N-methyl/N-ethyl adjacent to an activating group) is 1. The summed E-state index contributed by atoms with van der Waals surface area (Å²) >= 11 is 6.15. The van der Waals surface area contributed by atoms with Crippen LogP contribution in [0.1, 0.15) is 11.1 Å². The first-order valence-corrected chi connectivity index (χ1v) is 12.4. The lowest BCUT2D eigenvalue weighted by Crippen LogP contribution is -2.28. The number of imidazole rings is 1. The quantitative estimate of drug-likeness (QED) is 0.429. The first kappa shape index (κ1) is 22.3. The SMILES string of the molecule is Cc1c(Cl)cccc1S(=O)(=O)Nc1c(OCc2ccc3c(c2)OCCN3C)nc2cnccn12. The van der Waals surface area contributed by atoms with Gasteiger partial charge >= 0.3 is 0 Å². The standard InChI is InChI=1S/C23H22ClN5O4S/c1-15-17(24)4-3-5-20(15)34(30,31)27-22-23(26-21-13-25-8-9-29(21)22)33-14-16-6-7-18-19(12-16)32-11-10-28(18)2/h3-9,12-13,27H,10-11,14H2,1-2H3. The highest BCUT2D eigenvalue weighted by Crippen LogP contribution is 2.33. The predicted octanol–water partition coefficient (Wildman–Crippen LogP) is 3.90. The number of hydrogen-bond acceptors (Lipinski definition) is 7. The number of sulfonamides is 1. The Labute approximate surface area is 202 Å². The Bertz CT molecular complexity index is 1490. The van der Waals surface area contributed by atoms with Gasteiger partial charge in [0.15, 0.2) is 11.5 Å². The van der Waals surface area contributed by atoms with Gasteiger partial charge in [-0.05, 0) is 42.3 Å². The first-order valence-electron chi connectivity index (χ1n) is 10.5. The van der Waals surface area contributed by atoms with Crippen LogP contribution in [0.15, 0.2) is 59.9 Å². The predicted molar refractivity (Wildman–Crippen MR) is 130 cm³/mol. The molecule has 2 aromatic carbocycles. The van der Waals surface area contributed by atoms with E-state index in [0.29, 0.717) is 22.8 Å². The molecule has 34 heavy (non-hydrogen) atoms. The molecule has 5 rings (SSSR count). The van der Waals surface area contributed by atoms with Crippen LogP contribution >= 0.6 is 11.6 Å². The van der Waals surface area contributed by atoms with Crippen molar-refractivity contribution in [3.8, 4) is 11.6 Å². The van der Waals surface area contributed by atoms with Crippen molar-refractivity contribution in [1.82, 2.24) is 14.4 Å². The molecule has 0 amide bonds. The smallest absolute Gasteiger partial charge is 0.263 e. The van der Waals surface area contributed by atoms with E-state index < -0.39 is 10.0 Å². The topological polar surface area (TPSA) is 98.1 Å². The number of rotatable bonds is 6. The maximum absolute atomic E-state index is 13.2. The molecule has 9 nitrogen and oxygen atoms in total. The van der Waals surface area contributed by atoms with Gasteiger partial charge in [0.25, 0.3) is 15.9 Å². The molecular formula is C23H22ClN5O4S. The third-order valence-electron chi connectivity index (χ3n) is 5.63. The maximum Gasteiger partial charge on any atom is 0.263 e. The molecule has 0 aliphatic carbocycles. The first-order chi connectivity index (χ1) is 16.3. The van der Waals surface area contributed by atoms with E-state index in [1.54, 1.807) is 29.7 Å². The summed E-state index contributed by atoms with van der Waals surface area (Å²) in [6, 6.07) is 10.6. The van der Waals surface area contributed by atoms with E-state index in [9.17, 15) is 8.42 Å². The Hall–Kier alpha value is -3.50. The average molecular weight is 500 g/mol. The summed E-state index contributed by atoms with van der Waals surface area (Å²) in [4.78, 5) is 10.7. The van der Waals surface area contributed by atoms with Crippen molar-refractivity contribution in [2.45, 2.75) is 18.4 Å². The van der Waals surface area contributed by atoms with E-state index in [2.05, 4.69) is 19.6 Å². The van der Waals surface area contributed by atoms with Crippen LogP contribution in [0, 0.1) is 6.92 Å². The van der Waals surface area contributed by atoms with E-state index in [4.69, 9.17) is 21.1 Å². The van der Waals surface area contributed by atoms with Gasteiger partial charge in [-0.1, -0.05) is 23.7 Å². The van der Waals surface area contributed by atoms with Gasteiger partial charge in [0.1, 0.15) is 19.0 Å². The highest BCUT2D eigenvalue weighted by Gasteiger charge is 2.24. The Balaban J connectivity index is 1.47. The van der Waals surface area contributed by atoms with Crippen LogP contribution in [0.25, 0.3) is 5.65 Å². The fraction of sp³-hybridized carbons (Fsp3) is 0.217. The minimum Gasteiger partial charge on any atom is -0.490 e.